The van der Waals surface area contributed by atoms with Gasteiger partial charge in [-0.2, -0.15) is 11.8 Å². The van der Waals surface area contributed by atoms with E-state index in [1.165, 1.54) is 0 Å². The van der Waals surface area contributed by atoms with Gasteiger partial charge in [-0.15, -0.1) is 0 Å². The van der Waals surface area contributed by atoms with Crippen LogP contribution in [-0.4, -0.2) is 48.4 Å². The Labute approximate surface area is 107 Å². The molecular formula is C12H19N3OS. The van der Waals surface area contributed by atoms with Crippen LogP contribution in [0.5, 0.6) is 0 Å². The Morgan fingerprint density at radius 2 is 2.29 bits per heavy atom. The van der Waals surface area contributed by atoms with E-state index in [4.69, 9.17) is 0 Å². The van der Waals surface area contributed by atoms with E-state index in [1.54, 1.807) is 22.9 Å². The zero-order valence-electron chi connectivity index (χ0n) is 10.8. The van der Waals surface area contributed by atoms with E-state index in [-0.39, 0.29) is 5.91 Å². The molecule has 0 saturated carbocycles. The second-order valence-electron chi connectivity index (χ2n) is 3.84. The van der Waals surface area contributed by atoms with Gasteiger partial charge in [0, 0.05) is 38.3 Å². The highest BCUT2D eigenvalue weighted by Gasteiger charge is 2.15. The van der Waals surface area contributed by atoms with Crippen LogP contribution in [0.4, 0.5) is 5.69 Å². The first kappa shape index (κ1) is 13.8. The number of nitrogens with one attached hydrogen (secondary N) is 1. The van der Waals surface area contributed by atoms with Crippen LogP contribution in [0.3, 0.4) is 0 Å². The van der Waals surface area contributed by atoms with Gasteiger partial charge in [0.15, 0.2) is 0 Å². The highest BCUT2D eigenvalue weighted by molar-refractivity contribution is 7.98. The molecule has 0 aliphatic carbocycles. The lowest BCUT2D eigenvalue weighted by Crippen LogP contribution is -2.29. The van der Waals surface area contributed by atoms with Gasteiger partial charge in [-0.1, -0.05) is 0 Å². The lowest BCUT2D eigenvalue weighted by Gasteiger charge is -2.18. The number of rotatable bonds is 5. The lowest BCUT2D eigenvalue weighted by atomic mass is 10.2. The van der Waals surface area contributed by atoms with E-state index in [0.29, 0.717) is 5.56 Å². The van der Waals surface area contributed by atoms with E-state index in [2.05, 4.69) is 10.3 Å². The Morgan fingerprint density at radius 1 is 1.59 bits per heavy atom. The molecule has 5 heteroatoms. The van der Waals surface area contributed by atoms with Crippen molar-refractivity contribution in [3.8, 4) is 0 Å². The third-order valence-electron chi connectivity index (χ3n) is 2.52. The molecule has 0 spiro atoms. The highest BCUT2D eigenvalue weighted by Crippen LogP contribution is 2.16. The molecule has 0 atom stereocenters. The number of hydrogen-bond donors (Lipinski definition) is 1. The van der Waals surface area contributed by atoms with Crippen LogP contribution in [0.2, 0.25) is 0 Å². The number of carbonyl (C=O) groups excluding carboxylic acids is 1. The van der Waals surface area contributed by atoms with Crippen molar-refractivity contribution in [2.75, 3.05) is 38.0 Å². The summed E-state index contributed by atoms with van der Waals surface area (Å²) in [7, 11) is 3.63. The van der Waals surface area contributed by atoms with Gasteiger partial charge in [0.1, 0.15) is 0 Å². The molecule has 1 aromatic rings. The number of amides is 1. The monoisotopic (exact) mass is 253 g/mol. The molecular weight excluding hydrogens is 234 g/mol. The van der Waals surface area contributed by atoms with Crippen molar-refractivity contribution in [1.82, 2.24) is 9.88 Å². The fourth-order valence-electron chi connectivity index (χ4n) is 1.47. The van der Waals surface area contributed by atoms with Gasteiger partial charge in [-0.25, -0.2) is 0 Å². The largest absolute Gasteiger partial charge is 0.387 e. The van der Waals surface area contributed by atoms with Crippen molar-refractivity contribution in [1.29, 1.82) is 0 Å². The van der Waals surface area contributed by atoms with Crippen molar-refractivity contribution in [3.05, 3.63) is 23.5 Å². The molecule has 0 aromatic carbocycles. The minimum Gasteiger partial charge on any atom is -0.387 e. The van der Waals surface area contributed by atoms with Crippen LogP contribution >= 0.6 is 11.8 Å². The fraction of sp³-hybridized carbons (Fsp3) is 0.500. The average Bonchev–Trinajstić information content (AvgIpc) is 2.34. The Hall–Kier alpha value is -1.23. The second kappa shape index (κ2) is 6.49. The molecule has 0 aliphatic heterocycles. The zero-order valence-corrected chi connectivity index (χ0v) is 11.6. The minimum atomic E-state index is 0.0101. The quantitative estimate of drug-likeness (QED) is 0.870. The molecule has 1 rings (SSSR count). The van der Waals surface area contributed by atoms with Crippen LogP contribution in [0.1, 0.15) is 16.1 Å². The molecule has 0 aliphatic rings. The van der Waals surface area contributed by atoms with Crippen molar-refractivity contribution in [2.45, 2.75) is 6.92 Å². The summed E-state index contributed by atoms with van der Waals surface area (Å²) in [5, 5.41) is 3.04. The Balaban J connectivity index is 2.87. The summed E-state index contributed by atoms with van der Waals surface area (Å²) in [6.45, 7) is 2.66. The third-order valence-corrected chi connectivity index (χ3v) is 3.11. The van der Waals surface area contributed by atoms with Gasteiger partial charge in [0.25, 0.3) is 5.91 Å². The normalized spacial score (nSPS) is 10.1. The smallest absolute Gasteiger partial charge is 0.257 e. The van der Waals surface area contributed by atoms with Crippen LogP contribution in [0.25, 0.3) is 0 Å². The van der Waals surface area contributed by atoms with Crippen molar-refractivity contribution in [2.24, 2.45) is 0 Å². The lowest BCUT2D eigenvalue weighted by molar-refractivity contribution is 0.0804. The van der Waals surface area contributed by atoms with E-state index in [1.807, 2.05) is 33.3 Å². The van der Waals surface area contributed by atoms with Crippen LogP contribution in [-0.2, 0) is 0 Å². The molecule has 0 radical (unpaired) electrons. The number of thioether (sulfide) groups is 1. The number of aryl methyl sites for hydroxylation is 1. The van der Waals surface area contributed by atoms with E-state index < -0.39 is 0 Å². The molecule has 0 bridgehead atoms. The molecule has 0 saturated heterocycles. The highest BCUT2D eigenvalue weighted by atomic mass is 32.2. The predicted molar refractivity (Wildman–Crippen MR) is 73.9 cm³/mol. The Bertz CT molecular complexity index is 395. The molecule has 0 unspecified atom stereocenters. The first-order chi connectivity index (χ1) is 8.10. The number of hydrogen-bond acceptors (Lipinski definition) is 4. The summed E-state index contributed by atoms with van der Waals surface area (Å²) in [6.07, 6.45) is 3.67. The van der Waals surface area contributed by atoms with Gasteiger partial charge in [-0.05, 0) is 19.2 Å². The van der Waals surface area contributed by atoms with Crippen molar-refractivity contribution in [3.63, 3.8) is 0 Å². The summed E-state index contributed by atoms with van der Waals surface area (Å²) >= 11 is 1.73. The van der Waals surface area contributed by atoms with Gasteiger partial charge in [0.2, 0.25) is 0 Å². The third kappa shape index (κ3) is 3.63. The molecule has 94 valence electrons. The van der Waals surface area contributed by atoms with Crippen LogP contribution in [0.15, 0.2) is 12.3 Å². The zero-order chi connectivity index (χ0) is 12.8. The van der Waals surface area contributed by atoms with E-state index in [0.717, 1.165) is 23.7 Å². The van der Waals surface area contributed by atoms with Gasteiger partial charge < -0.3 is 10.2 Å². The van der Waals surface area contributed by atoms with Crippen LogP contribution < -0.4 is 5.32 Å². The molecule has 4 nitrogen and oxygen atoms in total. The number of nitrogens with zero attached hydrogens (tertiary/aromatic N) is 2. The SMILES string of the molecule is CNc1cc(C)ncc1C(=O)N(C)CCSC. The molecule has 1 N–H and O–H groups in total. The van der Waals surface area contributed by atoms with Gasteiger partial charge in [0.05, 0.1) is 11.3 Å². The summed E-state index contributed by atoms with van der Waals surface area (Å²) in [5.74, 6) is 0.951. The first-order valence-electron chi connectivity index (χ1n) is 5.49. The van der Waals surface area contributed by atoms with E-state index >= 15 is 0 Å². The molecule has 1 amide bonds. The Kier molecular flexibility index (Phi) is 5.28. The summed E-state index contributed by atoms with van der Waals surface area (Å²) in [5.41, 5.74) is 2.36. The maximum absolute atomic E-state index is 12.2. The molecule has 1 heterocycles. The number of aromatic nitrogens is 1. The Morgan fingerprint density at radius 3 is 2.88 bits per heavy atom. The second-order valence-corrected chi connectivity index (χ2v) is 4.83. The predicted octanol–water partition coefficient (Wildman–Crippen LogP) is 1.87. The minimum absolute atomic E-state index is 0.0101. The molecule has 1 aromatic heterocycles. The van der Waals surface area contributed by atoms with Crippen molar-refractivity contribution < 1.29 is 4.79 Å². The maximum Gasteiger partial charge on any atom is 0.257 e. The van der Waals surface area contributed by atoms with Gasteiger partial charge in [-0.3, -0.25) is 9.78 Å². The number of pyridine rings is 1. The molecule has 17 heavy (non-hydrogen) atoms. The summed E-state index contributed by atoms with van der Waals surface area (Å²) in [4.78, 5) is 18.1. The maximum atomic E-state index is 12.2. The fourth-order valence-corrected chi connectivity index (χ4v) is 1.93. The number of anilines is 1. The van der Waals surface area contributed by atoms with Gasteiger partial charge >= 0.3 is 0 Å². The summed E-state index contributed by atoms with van der Waals surface area (Å²) in [6, 6.07) is 1.88. The molecule has 0 fully saturated rings. The van der Waals surface area contributed by atoms with E-state index in [9.17, 15) is 4.79 Å². The average molecular weight is 253 g/mol. The van der Waals surface area contributed by atoms with Crippen LogP contribution in [0, 0.1) is 6.92 Å². The number of carbonyl (C=O) groups is 1. The topological polar surface area (TPSA) is 45.2 Å². The summed E-state index contributed by atoms with van der Waals surface area (Å²) < 4.78 is 0. The van der Waals surface area contributed by atoms with Crippen molar-refractivity contribution >= 4 is 23.4 Å². The standard InChI is InChI=1S/C12H19N3OS/c1-9-7-11(13-2)10(8-14-9)12(16)15(3)5-6-17-4/h7-8H,5-6H2,1-4H3,(H,13,14). The first-order valence-corrected chi connectivity index (χ1v) is 6.88.